The lowest BCUT2D eigenvalue weighted by atomic mass is 9.79. The van der Waals surface area contributed by atoms with Crippen molar-refractivity contribution >= 4 is 11.6 Å². The van der Waals surface area contributed by atoms with Gasteiger partial charge in [0, 0.05) is 11.8 Å². The lowest BCUT2D eigenvalue weighted by molar-refractivity contribution is -0.336. The molecule has 1 aliphatic rings. The number of nitrogens with zero attached hydrogens (tertiary/aromatic N) is 2. The van der Waals surface area contributed by atoms with Gasteiger partial charge in [0.05, 0.1) is 6.42 Å². The number of hydrogen-bond donors (Lipinski definition) is 1. The van der Waals surface area contributed by atoms with E-state index in [9.17, 15) is 40.6 Å². The second-order valence-electron chi connectivity index (χ2n) is 7.80. The molecule has 0 aliphatic carbocycles. The maximum atomic E-state index is 14.1. The van der Waals surface area contributed by atoms with Gasteiger partial charge in [-0.15, -0.1) is 0 Å². The molecule has 0 aromatic heterocycles. The van der Waals surface area contributed by atoms with Crippen molar-refractivity contribution in [2.24, 2.45) is 10.5 Å². The van der Waals surface area contributed by atoms with Gasteiger partial charge >= 0.3 is 18.0 Å². The van der Waals surface area contributed by atoms with Crippen molar-refractivity contribution in [1.82, 2.24) is 5.01 Å². The Bertz CT molecular complexity index is 801. The molecule has 1 aliphatic heterocycles. The third-order valence-corrected chi connectivity index (χ3v) is 4.73. The highest BCUT2D eigenvalue weighted by atomic mass is 19.4. The van der Waals surface area contributed by atoms with Crippen molar-refractivity contribution in [3.05, 3.63) is 35.9 Å². The summed E-state index contributed by atoms with van der Waals surface area (Å²) in [5, 5.41) is 14.1. The fourth-order valence-corrected chi connectivity index (χ4v) is 2.77. The molecule has 2 rings (SSSR count). The van der Waals surface area contributed by atoms with Crippen molar-refractivity contribution in [2.75, 3.05) is 0 Å². The molecule has 1 heterocycles. The van der Waals surface area contributed by atoms with Gasteiger partial charge in [0.2, 0.25) is 5.91 Å². The normalized spacial score (nSPS) is 21.3. The molecule has 0 radical (unpaired) electrons. The van der Waals surface area contributed by atoms with Crippen molar-refractivity contribution in [1.29, 1.82) is 0 Å². The Balaban J connectivity index is 2.49. The average Bonchev–Trinajstić information content (AvgIpc) is 2.94. The minimum Gasteiger partial charge on any atom is -0.368 e. The number of rotatable bonds is 4. The number of benzene rings is 1. The Morgan fingerprint density at radius 1 is 1.07 bits per heavy atom. The minimum atomic E-state index is -6.56. The molecule has 4 nitrogen and oxygen atoms in total. The van der Waals surface area contributed by atoms with Crippen LogP contribution in [-0.2, 0) is 11.2 Å². The third kappa shape index (κ3) is 3.84. The van der Waals surface area contributed by atoms with Crippen LogP contribution in [0.3, 0.4) is 0 Å². The van der Waals surface area contributed by atoms with Gasteiger partial charge in [-0.05, 0) is 5.56 Å². The Morgan fingerprint density at radius 2 is 1.59 bits per heavy atom. The molecule has 1 amide bonds. The average molecular weight is 428 g/mol. The van der Waals surface area contributed by atoms with E-state index < -0.39 is 53.6 Å². The highest BCUT2D eigenvalue weighted by molar-refractivity contribution is 5.96. The number of halogens is 7. The van der Waals surface area contributed by atoms with E-state index in [0.717, 1.165) is 0 Å². The van der Waals surface area contributed by atoms with Crippen LogP contribution in [0.2, 0.25) is 0 Å². The third-order valence-electron chi connectivity index (χ3n) is 4.73. The molecule has 0 fully saturated rings. The summed E-state index contributed by atoms with van der Waals surface area (Å²) in [6.07, 6.45) is -8.35. The summed E-state index contributed by atoms with van der Waals surface area (Å²) in [5.74, 6) is -13.2. The molecule has 1 aromatic carbocycles. The summed E-state index contributed by atoms with van der Waals surface area (Å²) in [5.41, 5.74) is -5.43. The van der Waals surface area contributed by atoms with Crippen LogP contribution in [0.25, 0.3) is 0 Å². The van der Waals surface area contributed by atoms with Gasteiger partial charge < -0.3 is 5.11 Å². The molecule has 29 heavy (non-hydrogen) atoms. The van der Waals surface area contributed by atoms with Crippen LogP contribution in [0.1, 0.15) is 32.8 Å². The first kappa shape index (κ1) is 23.1. The van der Waals surface area contributed by atoms with Gasteiger partial charge in [0.15, 0.2) is 5.72 Å². The van der Waals surface area contributed by atoms with Gasteiger partial charge in [0.1, 0.15) is 5.71 Å². The lowest BCUT2D eigenvalue weighted by Gasteiger charge is -2.41. The molecule has 0 saturated heterocycles. The molecule has 1 atom stereocenters. The van der Waals surface area contributed by atoms with Crippen LogP contribution < -0.4 is 0 Å². The number of hydrazone groups is 1. The summed E-state index contributed by atoms with van der Waals surface area (Å²) < 4.78 is 92.8. The maximum absolute atomic E-state index is 14.1. The molecule has 0 unspecified atom stereocenters. The number of aliphatic hydroxyl groups is 1. The van der Waals surface area contributed by atoms with Gasteiger partial charge in [-0.2, -0.15) is 35.8 Å². The van der Waals surface area contributed by atoms with Gasteiger partial charge in [-0.25, -0.2) is 5.01 Å². The molecular formula is C18H19F7N2O2. The zero-order valence-electron chi connectivity index (χ0n) is 15.7. The molecule has 0 saturated carbocycles. The number of carbonyl (C=O) groups is 1. The molecular weight excluding hydrogens is 409 g/mol. The Labute approximate surface area is 162 Å². The smallest absolute Gasteiger partial charge is 0.368 e. The lowest BCUT2D eigenvalue weighted by Crippen LogP contribution is -2.58. The quantitative estimate of drug-likeness (QED) is 0.724. The first-order valence-electron chi connectivity index (χ1n) is 8.45. The number of alkyl halides is 7. The zero-order chi connectivity index (χ0) is 22.5. The van der Waals surface area contributed by atoms with Crippen molar-refractivity contribution in [2.45, 2.75) is 57.4 Å². The van der Waals surface area contributed by atoms with Crippen LogP contribution in [0.4, 0.5) is 30.7 Å². The number of carbonyl (C=O) groups excluding carboxylic acids is 1. The van der Waals surface area contributed by atoms with E-state index in [-0.39, 0.29) is 5.01 Å². The summed E-state index contributed by atoms with van der Waals surface area (Å²) >= 11 is 0. The summed E-state index contributed by atoms with van der Waals surface area (Å²) in [6, 6.07) is 7.83. The first-order chi connectivity index (χ1) is 12.9. The fourth-order valence-electron chi connectivity index (χ4n) is 2.77. The second-order valence-corrected chi connectivity index (χ2v) is 7.80. The SMILES string of the molecule is CC(C)(C)[C@]1(O)CC(C(F)(F)C(F)(F)C(F)(F)F)=NN1C(=O)Cc1ccccc1. The van der Waals surface area contributed by atoms with E-state index in [2.05, 4.69) is 5.10 Å². The van der Waals surface area contributed by atoms with E-state index in [1.165, 1.54) is 32.9 Å². The van der Waals surface area contributed by atoms with Crippen LogP contribution in [-0.4, -0.2) is 45.5 Å². The second kappa shape index (κ2) is 6.96. The van der Waals surface area contributed by atoms with E-state index in [1.54, 1.807) is 18.2 Å². The zero-order valence-corrected chi connectivity index (χ0v) is 15.7. The molecule has 0 spiro atoms. The van der Waals surface area contributed by atoms with Crippen molar-refractivity contribution in [3.8, 4) is 0 Å². The van der Waals surface area contributed by atoms with Crippen LogP contribution in [0.5, 0.6) is 0 Å². The van der Waals surface area contributed by atoms with Gasteiger partial charge in [0.25, 0.3) is 0 Å². The number of amides is 1. The predicted molar refractivity (Wildman–Crippen MR) is 89.4 cm³/mol. The Morgan fingerprint density at radius 3 is 2.03 bits per heavy atom. The standard InChI is InChI=1S/C18H19F7N2O2/c1-14(2,3)15(29)10-12(16(19,20)17(21,22)18(23,24)25)26-27(15)13(28)9-11-7-5-4-6-8-11/h4-8,29H,9-10H2,1-3H3/t15-/m1/s1. The first-order valence-corrected chi connectivity index (χ1v) is 8.45. The van der Waals surface area contributed by atoms with Gasteiger partial charge in [-0.1, -0.05) is 51.1 Å². The molecule has 11 heteroatoms. The van der Waals surface area contributed by atoms with E-state index in [1.807, 2.05) is 0 Å². The Kier molecular flexibility index (Phi) is 5.55. The van der Waals surface area contributed by atoms with E-state index in [0.29, 0.717) is 5.56 Å². The van der Waals surface area contributed by atoms with E-state index in [4.69, 9.17) is 0 Å². The highest BCUT2D eigenvalue weighted by Crippen LogP contribution is 2.51. The largest absolute Gasteiger partial charge is 0.460 e. The van der Waals surface area contributed by atoms with Gasteiger partial charge in [-0.3, -0.25) is 4.79 Å². The minimum absolute atomic E-state index is 0.190. The van der Waals surface area contributed by atoms with Crippen molar-refractivity contribution in [3.63, 3.8) is 0 Å². The maximum Gasteiger partial charge on any atom is 0.460 e. The summed E-state index contributed by atoms with van der Waals surface area (Å²) in [6.45, 7) is 3.94. The van der Waals surface area contributed by atoms with Crippen LogP contribution in [0.15, 0.2) is 35.4 Å². The van der Waals surface area contributed by atoms with Crippen molar-refractivity contribution < 1.29 is 40.6 Å². The van der Waals surface area contributed by atoms with Crippen LogP contribution >= 0.6 is 0 Å². The fraction of sp³-hybridized carbons (Fsp3) is 0.556. The molecule has 1 aromatic rings. The monoisotopic (exact) mass is 428 g/mol. The Hall–Kier alpha value is -2.17. The number of hydrogen-bond acceptors (Lipinski definition) is 3. The topological polar surface area (TPSA) is 52.9 Å². The summed E-state index contributed by atoms with van der Waals surface area (Å²) in [4.78, 5) is 12.6. The molecule has 162 valence electrons. The molecule has 0 bridgehead atoms. The predicted octanol–water partition coefficient (Wildman–Crippen LogP) is 4.39. The summed E-state index contributed by atoms with van der Waals surface area (Å²) in [7, 11) is 0. The van der Waals surface area contributed by atoms with E-state index >= 15 is 0 Å². The molecule has 1 N–H and O–H groups in total. The highest BCUT2D eigenvalue weighted by Gasteiger charge is 2.76. The van der Waals surface area contributed by atoms with Crippen LogP contribution in [0, 0.1) is 5.41 Å².